The Morgan fingerprint density at radius 1 is 1.50 bits per heavy atom. The monoisotopic (exact) mass is 253 g/mol. The zero-order chi connectivity index (χ0) is 13.4. The first-order valence-electron chi connectivity index (χ1n) is 5.36. The van der Waals surface area contributed by atoms with Gasteiger partial charge >= 0.3 is 6.61 Å². The molecule has 1 amide bonds. The third-order valence-electron chi connectivity index (χ3n) is 2.03. The highest BCUT2D eigenvalue weighted by molar-refractivity contribution is 5.94. The van der Waals surface area contributed by atoms with Crippen LogP contribution < -0.4 is 10.1 Å². The lowest BCUT2D eigenvalue weighted by molar-refractivity contribution is -0.0498. The van der Waals surface area contributed by atoms with Crippen LogP contribution in [0.25, 0.3) is 0 Å². The molecule has 0 fully saturated rings. The maximum Gasteiger partial charge on any atom is 0.387 e. The molecular weight excluding hydrogens is 240 g/mol. The molecule has 96 valence electrons. The van der Waals surface area contributed by atoms with Crippen molar-refractivity contribution in [3.63, 3.8) is 0 Å². The molecule has 0 saturated heterocycles. The first-order valence-corrected chi connectivity index (χ1v) is 5.36. The molecule has 1 aromatic rings. The van der Waals surface area contributed by atoms with Crippen molar-refractivity contribution in [1.82, 2.24) is 5.32 Å². The van der Waals surface area contributed by atoms with E-state index in [9.17, 15) is 13.6 Å². The predicted molar refractivity (Wildman–Crippen MR) is 63.5 cm³/mol. The summed E-state index contributed by atoms with van der Waals surface area (Å²) in [6.45, 7) is -0.768. The normalized spacial score (nSPS) is 9.56. The standard InChI is InChI=1S/C13H13F2NO2/c1-2-3-4-8-16-12(17)10-6-5-7-11(9-10)18-13(14)15/h5-7,9,13H,4,8H2,1H3,(H,16,17). The van der Waals surface area contributed by atoms with Gasteiger partial charge in [-0.15, -0.1) is 11.8 Å². The lowest BCUT2D eigenvalue weighted by Crippen LogP contribution is -2.24. The Morgan fingerprint density at radius 3 is 2.94 bits per heavy atom. The summed E-state index contributed by atoms with van der Waals surface area (Å²) in [6.07, 6.45) is 0.551. The molecule has 0 bridgehead atoms. The van der Waals surface area contributed by atoms with Gasteiger partial charge in [0.05, 0.1) is 0 Å². The number of carbonyl (C=O) groups excluding carboxylic acids is 1. The summed E-state index contributed by atoms with van der Waals surface area (Å²) >= 11 is 0. The van der Waals surface area contributed by atoms with Gasteiger partial charge in [0.25, 0.3) is 5.91 Å². The van der Waals surface area contributed by atoms with E-state index in [1.807, 2.05) is 0 Å². The first-order chi connectivity index (χ1) is 8.63. The number of rotatable bonds is 5. The molecule has 0 aliphatic heterocycles. The number of halogens is 2. The fourth-order valence-electron chi connectivity index (χ4n) is 1.28. The number of alkyl halides is 2. The van der Waals surface area contributed by atoms with Crippen molar-refractivity contribution in [2.45, 2.75) is 20.0 Å². The van der Waals surface area contributed by atoms with Gasteiger partial charge in [0.1, 0.15) is 5.75 Å². The Hall–Kier alpha value is -2.09. The van der Waals surface area contributed by atoms with Crippen LogP contribution in [0, 0.1) is 11.8 Å². The van der Waals surface area contributed by atoms with Gasteiger partial charge in [0, 0.05) is 18.5 Å². The van der Waals surface area contributed by atoms with E-state index in [0.29, 0.717) is 13.0 Å². The zero-order valence-electron chi connectivity index (χ0n) is 9.87. The molecule has 0 radical (unpaired) electrons. The Kier molecular flexibility index (Phi) is 5.65. The molecule has 5 heteroatoms. The fraction of sp³-hybridized carbons (Fsp3) is 0.308. The quantitative estimate of drug-likeness (QED) is 0.646. The third kappa shape index (κ3) is 4.83. The van der Waals surface area contributed by atoms with Gasteiger partial charge in [0.15, 0.2) is 0 Å². The Balaban J connectivity index is 2.58. The minimum absolute atomic E-state index is 0.0361. The minimum Gasteiger partial charge on any atom is -0.435 e. The summed E-state index contributed by atoms with van der Waals surface area (Å²) in [7, 11) is 0. The number of amides is 1. The van der Waals surface area contributed by atoms with Crippen LogP contribution in [0.15, 0.2) is 24.3 Å². The average Bonchev–Trinajstić information content (AvgIpc) is 2.34. The molecule has 0 aliphatic carbocycles. The first kappa shape index (κ1) is 14.0. The topological polar surface area (TPSA) is 38.3 Å². The minimum atomic E-state index is -2.90. The van der Waals surface area contributed by atoms with Gasteiger partial charge in [-0.2, -0.15) is 8.78 Å². The Bertz CT molecular complexity index is 464. The summed E-state index contributed by atoms with van der Waals surface area (Å²) in [6, 6.07) is 5.65. The van der Waals surface area contributed by atoms with Crippen LogP contribution in [-0.2, 0) is 0 Å². The second kappa shape index (κ2) is 7.28. The fourth-order valence-corrected chi connectivity index (χ4v) is 1.28. The van der Waals surface area contributed by atoms with Gasteiger partial charge < -0.3 is 10.1 Å². The molecule has 1 rings (SSSR count). The second-order valence-electron chi connectivity index (χ2n) is 3.34. The van der Waals surface area contributed by atoms with Gasteiger partial charge in [-0.1, -0.05) is 6.07 Å². The van der Waals surface area contributed by atoms with Crippen molar-refractivity contribution < 1.29 is 18.3 Å². The van der Waals surface area contributed by atoms with Crippen molar-refractivity contribution >= 4 is 5.91 Å². The van der Waals surface area contributed by atoms with Crippen LogP contribution in [0.3, 0.4) is 0 Å². The van der Waals surface area contributed by atoms with Gasteiger partial charge in [0.2, 0.25) is 0 Å². The number of hydrogen-bond acceptors (Lipinski definition) is 2. The van der Waals surface area contributed by atoms with E-state index >= 15 is 0 Å². The maximum atomic E-state index is 12.0. The van der Waals surface area contributed by atoms with Gasteiger partial charge in [-0.25, -0.2) is 0 Å². The molecule has 0 saturated carbocycles. The van der Waals surface area contributed by atoms with E-state index in [-0.39, 0.29) is 17.2 Å². The molecule has 0 unspecified atom stereocenters. The summed E-state index contributed by atoms with van der Waals surface area (Å²) in [5.41, 5.74) is 0.276. The van der Waals surface area contributed by atoms with E-state index in [1.54, 1.807) is 6.92 Å². The molecule has 0 aliphatic rings. The molecule has 1 N–H and O–H groups in total. The molecule has 3 nitrogen and oxygen atoms in total. The lowest BCUT2D eigenvalue weighted by atomic mass is 10.2. The van der Waals surface area contributed by atoms with Crippen LogP contribution in [-0.4, -0.2) is 19.1 Å². The Morgan fingerprint density at radius 2 is 2.28 bits per heavy atom. The van der Waals surface area contributed by atoms with Crippen molar-refractivity contribution in [2.24, 2.45) is 0 Å². The highest BCUT2D eigenvalue weighted by Gasteiger charge is 2.08. The summed E-state index contributed by atoms with van der Waals surface area (Å²) in [5, 5.41) is 2.63. The highest BCUT2D eigenvalue weighted by Crippen LogP contribution is 2.15. The van der Waals surface area contributed by atoms with Crippen molar-refractivity contribution in [1.29, 1.82) is 0 Å². The third-order valence-corrected chi connectivity index (χ3v) is 2.03. The average molecular weight is 253 g/mol. The van der Waals surface area contributed by atoms with E-state index in [1.165, 1.54) is 24.3 Å². The highest BCUT2D eigenvalue weighted by atomic mass is 19.3. The number of nitrogens with one attached hydrogen (secondary N) is 1. The van der Waals surface area contributed by atoms with E-state index in [2.05, 4.69) is 21.9 Å². The molecule has 0 spiro atoms. The number of hydrogen-bond donors (Lipinski definition) is 1. The molecular formula is C13H13F2NO2. The van der Waals surface area contributed by atoms with Crippen LogP contribution in [0.2, 0.25) is 0 Å². The summed E-state index contributed by atoms with van der Waals surface area (Å²) < 4.78 is 28.2. The van der Waals surface area contributed by atoms with Crippen molar-refractivity contribution in [3.8, 4) is 17.6 Å². The number of ether oxygens (including phenoxy) is 1. The summed E-state index contributed by atoms with van der Waals surface area (Å²) in [4.78, 5) is 11.6. The van der Waals surface area contributed by atoms with E-state index in [0.717, 1.165) is 0 Å². The van der Waals surface area contributed by atoms with Crippen molar-refractivity contribution in [2.75, 3.05) is 6.54 Å². The largest absolute Gasteiger partial charge is 0.435 e. The Labute approximate surface area is 104 Å². The van der Waals surface area contributed by atoms with Crippen molar-refractivity contribution in [3.05, 3.63) is 29.8 Å². The van der Waals surface area contributed by atoms with Crippen LogP contribution in [0.1, 0.15) is 23.7 Å². The lowest BCUT2D eigenvalue weighted by Gasteiger charge is -2.07. The van der Waals surface area contributed by atoms with Gasteiger partial charge in [-0.3, -0.25) is 4.79 Å². The van der Waals surface area contributed by atoms with Crippen LogP contribution in [0.5, 0.6) is 5.75 Å². The predicted octanol–water partition coefficient (Wildman–Crippen LogP) is 2.43. The molecule has 0 atom stereocenters. The maximum absolute atomic E-state index is 12.0. The SMILES string of the molecule is CC#CCCNC(=O)c1cccc(OC(F)F)c1. The molecule has 18 heavy (non-hydrogen) atoms. The smallest absolute Gasteiger partial charge is 0.387 e. The van der Waals surface area contributed by atoms with E-state index < -0.39 is 6.61 Å². The van der Waals surface area contributed by atoms with E-state index in [4.69, 9.17) is 0 Å². The van der Waals surface area contributed by atoms with Crippen LogP contribution >= 0.6 is 0 Å². The second-order valence-corrected chi connectivity index (χ2v) is 3.34. The van der Waals surface area contributed by atoms with Crippen LogP contribution in [0.4, 0.5) is 8.78 Å². The molecule has 0 aromatic heterocycles. The number of benzene rings is 1. The number of carbonyl (C=O) groups is 1. The summed E-state index contributed by atoms with van der Waals surface area (Å²) in [5.74, 6) is 5.13. The molecule has 0 heterocycles. The zero-order valence-corrected chi connectivity index (χ0v) is 9.87. The molecule has 1 aromatic carbocycles. The van der Waals surface area contributed by atoms with Gasteiger partial charge in [-0.05, 0) is 25.1 Å².